The molecule has 0 radical (unpaired) electrons. The van der Waals surface area contributed by atoms with Gasteiger partial charge in [-0.25, -0.2) is 9.78 Å². The highest BCUT2D eigenvalue weighted by molar-refractivity contribution is 6.30. The first kappa shape index (κ1) is 21.9. The summed E-state index contributed by atoms with van der Waals surface area (Å²) in [7, 11) is 0. The van der Waals surface area contributed by atoms with Crippen molar-refractivity contribution in [1.82, 2.24) is 14.5 Å². The minimum Gasteiger partial charge on any atom is -0.457 e. The molecule has 1 aromatic heterocycles. The molecule has 2 aromatic carbocycles. The predicted molar refractivity (Wildman–Crippen MR) is 121 cm³/mol. The summed E-state index contributed by atoms with van der Waals surface area (Å²) in [4.78, 5) is 29.8. The molecule has 0 bridgehead atoms. The van der Waals surface area contributed by atoms with E-state index in [4.69, 9.17) is 21.1 Å². The third kappa shape index (κ3) is 4.78. The van der Waals surface area contributed by atoms with Crippen molar-refractivity contribution in [3.63, 3.8) is 0 Å². The number of imidazole rings is 1. The Bertz CT molecular complexity index is 1150. The fourth-order valence-corrected chi connectivity index (χ4v) is 3.65. The van der Waals surface area contributed by atoms with Crippen LogP contribution in [-0.4, -0.2) is 39.0 Å². The molecule has 0 saturated carbocycles. The molecule has 1 aliphatic heterocycles. The first-order valence-electron chi connectivity index (χ1n) is 10.3. The van der Waals surface area contributed by atoms with Gasteiger partial charge in [0.2, 0.25) is 0 Å². The average Bonchev–Trinajstić information content (AvgIpc) is 3.16. The van der Waals surface area contributed by atoms with Crippen LogP contribution in [0.2, 0.25) is 5.02 Å². The van der Waals surface area contributed by atoms with E-state index in [1.54, 1.807) is 23.1 Å². The molecule has 0 fully saturated rings. The standard InChI is InChI=1S/C24H24ClN3O4/c1-24(2,3)32-23(30)27-10-11-28-20(13-26-22(28)14-27)16-5-8-19(9-6-16)31-21-12-18(25)7-4-17(21)15-29/h4-9,12-13,15H,10-11,14H2,1-3H3. The smallest absolute Gasteiger partial charge is 0.410 e. The number of carbonyl (C=O) groups is 2. The maximum atomic E-state index is 12.4. The Morgan fingerprint density at radius 1 is 1.12 bits per heavy atom. The van der Waals surface area contributed by atoms with Gasteiger partial charge in [-0.15, -0.1) is 0 Å². The number of benzene rings is 2. The molecule has 3 aromatic rings. The largest absolute Gasteiger partial charge is 0.457 e. The summed E-state index contributed by atoms with van der Waals surface area (Å²) in [6.07, 6.45) is 2.22. The lowest BCUT2D eigenvalue weighted by Crippen LogP contribution is -2.41. The van der Waals surface area contributed by atoms with Crippen molar-refractivity contribution in [3.05, 3.63) is 65.1 Å². The molecule has 0 aliphatic carbocycles. The lowest BCUT2D eigenvalue weighted by atomic mass is 10.1. The molecule has 0 unspecified atom stereocenters. The molecular weight excluding hydrogens is 430 g/mol. The van der Waals surface area contributed by atoms with Gasteiger partial charge in [-0.3, -0.25) is 9.69 Å². The molecule has 2 heterocycles. The second-order valence-corrected chi connectivity index (χ2v) is 8.98. The van der Waals surface area contributed by atoms with Gasteiger partial charge in [0, 0.05) is 29.7 Å². The highest BCUT2D eigenvalue weighted by atomic mass is 35.5. The zero-order valence-corrected chi connectivity index (χ0v) is 18.9. The van der Waals surface area contributed by atoms with Crippen LogP contribution in [-0.2, 0) is 17.8 Å². The highest BCUT2D eigenvalue weighted by Gasteiger charge is 2.27. The summed E-state index contributed by atoms with van der Waals surface area (Å²) in [6, 6.07) is 12.4. The van der Waals surface area contributed by atoms with E-state index in [2.05, 4.69) is 9.55 Å². The Labute approximate surface area is 191 Å². The Kier molecular flexibility index (Phi) is 5.93. The van der Waals surface area contributed by atoms with E-state index in [0.29, 0.717) is 41.7 Å². The number of ether oxygens (including phenoxy) is 2. The fraction of sp³-hybridized carbons (Fsp3) is 0.292. The van der Waals surface area contributed by atoms with E-state index >= 15 is 0 Å². The summed E-state index contributed by atoms with van der Waals surface area (Å²) < 4.78 is 13.4. The number of halogens is 1. The lowest BCUT2D eigenvalue weighted by Gasteiger charge is -2.31. The lowest BCUT2D eigenvalue weighted by molar-refractivity contribution is 0.0196. The summed E-state index contributed by atoms with van der Waals surface area (Å²) in [5.41, 5.74) is 1.84. The second-order valence-electron chi connectivity index (χ2n) is 8.54. The van der Waals surface area contributed by atoms with Gasteiger partial charge in [0.15, 0.2) is 6.29 Å². The molecule has 1 amide bonds. The van der Waals surface area contributed by atoms with E-state index in [-0.39, 0.29) is 6.09 Å². The number of hydrogen-bond acceptors (Lipinski definition) is 5. The van der Waals surface area contributed by atoms with Crippen molar-refractivity contribution >= 4 is 24.0 Å². The Hall–Kier alpha value is -3.32. The van der Waals surface area contributed by atoms with Crippen molar-refractivity contribution in [2.45, 2.75) is 39.5 Å². The number of fused-ring (bicyclic) bond motifs is 1. The Balaban J connectivity index is 1.49. The van der Waals surface area contributed by atoms with Crippen LogP contribution in [0.25, 0.3) is 11.3 Å². The number of rotatable bonds is 4. The zero-order chi connectivity index (χ0) is 22.9. The topological polar surface area (TPSA) is 73.7 Å². The van der Waals surface area contributed by atoms with Gasteiger partial charge in [0.1, 0.15) is 22.9 Å². The van der Waals surface area contributed by atoms with Gasteiger partial charge in [-0.1, -0.05) is 11.6 Å². The SMILES string of the molecule is CC(C)(C)OC(=O)N1CCn2c(-c3ccc(Oc4cc(Cl)ccc4C=O)cc3)cnc2C1. The van der Waals surface area contributed by atoms with Crippen molar-refractivity contribution in [3.8, 4) is 22.8 Å². The average molecular weight is 454 g/mol. The van der Waals surface area contributed by atoms with Crippen LogP contribution in [0, 0.1) is 0 Å². The van der Waals surface area contributed by atoms with Crippen molar-refractivity contribution in [2.24, 2.45) is 0 Å². The van der Waals surface area contributed by atoms with Gasteiger partial charge >= 0.3 is 6.09 Å². The van der Waals surface area contributed by atoms with Crippen LogP contribution < -0.4 is 4.74 Å². The maximum absolute atomic E-state index is 12.4. The molecule has 0 saturated heterocycles. The minimum absolute atomic E-state index is 0.328. The molecule has 32 heavy (non-hydrogen) atoms. The molecule has 8 heteroatoms. The highest BCUT2D eigenvalue weighted by Crippen LogP contribution is 2.30. The van der Waals surface area contributed by atoms with E-state index in [0.717, 1.165) is 23.4 Å². The second kappa shape index (κ2) is 8.67. The Morgan fingerprint density at radius 2 is 1.88 bits per heavy atom. The minimum atomic E-state index is -0.531. The van der Waals surface area contributed by atoms with E-state index in [9.17, 15) is 9.59 Å². The number of aldehydes is 1. The van der Waals surface area contributed by atoms with Crippen molar-refractivity contribution < 1.29 is 19.1 Å². The van der Waals surface area contributed by atoms with Crippen molar-refractivity contribution in [1.29, 1.82) is 0 Å². The molecule has 166 valence electrons. The van der Waals surface area contributed by atoms with Crippen LogP contribution in [0.5, 0.6) is 11.5 Å². The van der Waals surface area contributed by atoms with Gasteiger partial charge in [0.05, 0.1) is 24.0 Å². The molecule has 0 N–H and O–H groups in total. The molecule has 7 nitrogen and oxygen atoms in total. The molecule has 0 spiro atoms. The summed E-state index contributed by atoms with van der Waals surface area (Å²) in [5, 5.41) is 0.494. The van der Waals surface area contributed by atoms with E-state index in [1.807, 2.05) is 51.2 Å². The monoisotopic (exact) mass is 453 g/mol. The Morgan fingerprint density at radius 3 is 2.56 bits per heavy atom. The third-order valence-corrected chi connectivity index (χ3v) is 5.23. The summed E-state index contributed by atoms with van der Waals surface area (Å²) >= 11 is 6.02. The first-order valence-corrected chi connectivity index (χ1v) is 10.7. The van der Waals surface area contributed by atoms with E-state index < -0.39 is 5.60 Å². The zero-order valence-electron chi connectivity index (χ0n) is 18.2. The normalized spacial score (nSPS) is 13.4. The first-order chi connectivity index (χ1) is 15.2. The predicted octanol–water partition coefficient (Wildman–Crippen LogP) is 5.56. The van der Waals surface area contributed by atoms with E-state index in [1.165, 1.54) is 0 Å². The number of carbonyl (C=O) groups excluding carboxylic acids is 2. The van der Waals surface area contributed by atoms with Crippen LogP contribution in [0.15, 0.2) is 48.7 Å². The number of aromatic nitrogens is 2. The van der Waals surface area contributed by atoms with Gasteiger partial charge in [-0.05, 0) is 57.2 Å². The van der Waals surface area contributed by atoms with Crippen LogP contribution in [0.3, 0.4) is 0 Å². The number of nitrogens with zero attached hydrogens (tertiary/aromatic N) is 3. The molecular formula is C24H24ClN3O4. The number of amides is 1. The van der Waals surface area contributed by atoms with Crippen molar-refractivity contribution in [2.75, 3.05) is 6.54 Å². The molecule has 1 aliphatic rings. The third-order valence-electron chi connectivity index (χ3n) is 5.00. The van der Waals surface area contributed by atoms with Gasteiger partial charge in [0.25, 0.3) is 0 Å². The van der Waals surface area contributed by atoms with Crippen LogP contribution in [0.1, 0.15) is 37.0 Å². The van der Waals surface area contributed by atoms with Gasteiger partial charge in [-0.2, -0.15) is 0 Å². The number of hydrogen-bond donors (Lipinski definition) is 0. The molecule has 4 rings (SSSR count). The maximum Gasteiger partial charge on any atom is 0.410 e. The van der Waals surface area contributed by atoms with Crippen LogP contribution in [0.4, 0.5) is 4.79 Å². The quantitative estimate of drug-likeness (QED) is 0.483. The summed E-state index contributed by atoms with van der Waals surface area (Å²) in [5.74, 6) is 1.81. The fourth-order valence-electron chi connectivity index (χ4n) is 3.49. The van der Waals surface area contributed by atoms with Gasteiger partial charge < -0.3 is 14.0 Å². The molecule has 0 atom stereocenters. The summed E-state index contributed by atoms with van der Waals surface area (Å²) in [6.45, 7) is 7.15. The van der Waals surface area contributed by atoms with Crippen LogP contribution >= 0.6 is 11.6 Å².